The van der Waals surface area contributed by atoms with Crippen LogP contribution in [0.5, 0.6) is 0 Å². The molecule has 1 aromatic rings. The summed E-state index contributed by atoms with van der Waals surface area (Å²) in [6.45, 7) is 4.93. The molecule has 0 saturated carbocycles. The minimum absolute atomic E-state index is 0.0506. The van der Waals surface area contributed by atoms with Crippen LogP contribution in [0.1, 0.15) is 17.7 Å². The topological polar surface area (TPSA) is 101 Å². The standard InChI is InChI=1S/C17H23F2N7O2/c18-16(19)15-12(10-21-11-22-15)17(20)23-13(25-1-5-27-6-2-25)9-14(24-17)26-3-7-28-8-4-26/h9-11,16,23H,1-8,20H2. The molecule has 0 aromatic carbocycles. The zero-order valence-corrected chi connectivity index (χ0v) is 15.4. The van der Waals surface area contributed by atoms with Gasteiger partial charge in [0.15, 0.2) is 0 Å². The average Bonchev–Trinajstić information content (AvgIpc) is 2.74. The number of ether oxygens (including phenoxy) is 2. The van der Waals surface area contributed by atoms with Crippen LogP contribution < -0.4 is 11.1 Å². The SMILES string of the molecule is NC1(c2cncnc2C(F)F)N=C(N2CCOCC2)C=C(N2CCOCC2)N1. The average molecular weight is 395 g/mol. The molecule has 9 nitrogen and oxygen atoms in total. The molecule has 11 heteroatoms. The van der Waals surface area contributed by atoms with E-state index in [9.17, 15) is 8.78 Å². The van der Waals surface area contributed by atoms with Crippen molar-refractivity contribution in [2.45, 2.75) is 12.2 Å². The second-order valence-corrected chi connectivity index (χ2v) is 6.71. The van der Waals surface area contributed by atoms with Gasteiger partial charge in [-0.3, -0.25) is 5.73 Å². The molecule has 0 radical (unpaired) electrons. The third kappa shape index (κ3) is 3.77. The summed E-state index contributed by atoms with van der Waals surface area (Å²) in [4.78, 5) is 16.4. The maximum atomic E-state index is 13.6. The molecule has 3 aliphatic rings. The van der Waals surface area contributed by atoms with Gasteiger partial charge < -0.3 is 24.6 Å². The molecule has 2 fully saturated rings. The number of alkyl halides is 2. The summed E-state index contributed by atoms with van der Waals surface area (Å²) in [6.07, 6.45) is 1.49. The molecule has 1 atom stereocenters. The summed E-state index contributed by atoms with van der Waals surface area (Å²) >= 11 is 0. The molecule has 28 heavy (non-hydrogen) atoms. The molecule has 4 rings (SSSR count). The van der Waals surface area contributed by atoms with Crippen molar-refractivity contribution in [3.8, 4) is 0 Å². The van der Waals surface area contributed by atoms with Gasteiger partial charge in [-0.15, -0.1) is 0 Å². The molecule has 0 bridgehead atoms. The van der Waals surface area contributed by atoms with Gasteiger partial charge in [-0.2, -0.15) is 0 Å². The Kier molecular flexibility index (Phi) is 5.38. The van der Waals surface area contributed by atoms with Gasteiger partial charge in [0.2, 0.25) is 5.79 Å². The second kappa shape index (κ2) is 7.94. The van der Waals surface area contributed by atoms with E-state index in [1.807, 2.05) is 11.0 Å². The van der Waals surface area contributed by atoms with Crippen LogP contribution in [-0.4, -0.2) is 78.2 Å². The lowest BCUT2D eigenvalue weighted by atomic mass is 10.1. The summed E-state index contributed by atoms with van der Waals surface area (Å²) in [7, 11) is 0. The summed E-state index contributed by atoms with van der Waals surface area (Å²) in [5, 5.41) is 3.13. The normalized spacial score (nSPS) is 26.0. The Bertz CT molecular complexity index is 764. The first-order valence-electron chi connectivity index (χ1n) is 9.19. The minimum Gasteiger partial charge on any atom is -0.378 e. The summed E-state index contributed by atoms with van der Waals surface area (Å²) in [6, 6.07) is 0. The van der Waals surface area contributed by atoms with E-state index >= 15 is 0 Å². The van der Waals surface area contributed by atoms with Gasteiger partial charge in [0.05, 0.1) is 32.0 Å². The quantitative estimate of drug-likeness (QED) is 0.737. The van der Waals surface area contributed by atoms with E-state index in [2.05, 4.69) is 25.2 Å². The van der Waals surface area contributed by atoms with Crippen LogP contribution in [-0.2, 0) is 15.3 Å². The Hall–Kier alpha value is -2.37. The zero-order chi connectivity index (χ0) is 19.6. The Labute approximate surface area is 161 Å². The van der Waals surface area contributed by atoms with Crippen LogP contribution in [0.3, 0.4) is 0 Å². The molecule has 0 aliphatic carbocycles. The van der Waals surface area contributed by atoms with Gasteiger partial charge in [0, 0.05) is 38.5 Å². The number of halogens is 2. The fraction of sp³-hybridized carbons (Fsp3) is 0.588. The van der Waals surface area contributed by atoms with Crippen LogP contribution in [0, 0.1) is 0 Å². The molecule has 3 aliphatic heterocycles. The Balaban J connectivity index is 1.74. The van der Waals surface area contributed by atoms with Gasteiger partial charge in [-0.25, -0.2) is 23.7 Å². The van der Waals surface area contributed by atoms with Crippen LogP contribution in [0.2, 0.25) is 0 Å². The number of morpholine rings is 2. The van der Waals surface area contributed by atoms with Gasteiger partial charge in [-0.1, -0.05) is 0 Å². The van der Waals surface area contributed by atoms with Gasteiger partial charge >= 0.3 is 0 Å². The van der Waals surface area contributed by atoms with Gasteiger partial charge in [0.1, 0.15) is 23.7 Å². The molecule has 0 spiro atoms. The fourth-order valence-electron chi connectivity index (χ4n) is 3.46. The maximum Gasteiger partial charge on any atom is 0.280 e. The number of nitrogens with zero attached hydrogens (tertiary/aromatic N) is 5. The molecule has 3 N–H and O–H groups in total. The number of aliphatic imine (C=N–C) groups is 1. The first-order valence-corrected chi connectivity index (χ1v) is 9.19. The van der Waals surface area contributed by atoms with Crippen molar-refractivity contribution in [2.75, 3.05) is 52.6 Å². The van der Waals surface area contributed by atoms with Gasteiger partial charge in [0.25, 0.3) is 6.43 Å². The van der Waals surface area contributed by atoms with E-state index in [4.69, 9.17) is 15.2 Å². The molecule has 4 heterocycles. The van der Waals surface area contributed by atoms with Crippen molar-refractivity contribution in [1.29, 1.82) is 0 Å². The van der Waals surface area contributed by atoms with Crippen LogP contribution in [0.15, 0.2) is 29.4 Å². The monoisotopic (exact) mass is 395 g/mol. The Morgan fingerprint density at radius 2 is 1.71 bits per heavy atom. The van der Waals surface area contributed by atoms with E-state index in [1.165, 1.54) is 6.20 Å². The van der Waals surface area contributed by atoms with E-state index < -0.39 is 17.9 Å². The predicted octanol–water partition coefficient (Wildman–Crippen LogP) is -0.00930. The number of nitrogens with one attached hydrogen (secondary N) is 1. The third-order valence-electron chi connectivity index (χ3n) is 4.92. The van der Waals surface area contributed by atoms with Crippen molar-refractivity contribution < 1.29 is 18.3 Å². The molecule has 2 saturated heterocycles. The largest absolute Gasteiger partial charge is 0.378 e. The highest BCUT2D eigenvalue weighted by atomic mass is 19.3. The van der Waals surface area contributed by atoms with E-state index in [0.29, 0.717) is 64.3 Å². The van der Waals surface area contributed by atoms with Crippen molar-refractivity contribution in [1.82, 2.24) is 25.1 Å². The predicted molar refractivity (Wildman–Crippen MR) is 96.3 cm³/mol. The minimum atomic E-state index is -2.79. The summed E-state index contributed by atoms with van der Waals surface area (Å²) in [5.74, 6) is -0.273. The highest BCUT2D eigenvalue weighted by molar-refractivity contribution is 5.94. The highest BCUT2D eigenvalue weighted by Crippen LogP contribution is 2.30. The maximum absolute atomic E-state index is 13.6. The van der Waals surface area contributed by atoms with Gasteiger partial charge in [-0.05, 0) is 0 Å². The lowest BCUT2D eigenvalue weighted by Crippen LogP contribution is -2.57. The van der Waals surface area contributed by atoms with Crippen LogP contribution in [0.4, 0.5) is 8.78 Å². The number of hydrogen-bond acceptors (Lipinski definition) is 9. The van der Waals surface area contributed by atoms with E-state index in [0.717, 1.165) is 6.33 Å². The lowest BCUT2D eigenvalue weighted by molar-refractivity contribution is 0.0461. The number of aromatic nitrogens is 2. The van der Waals surface area contributed by atoms with Crippen molar-refractivity contribution in [2.24, 2.45) is 10.7 Å². The molecular weight excluding hydrogens is 372 g/mol. The lowest BCUT2D eigenvalue weighted by Gasteiger charge is -2.41. The third-order valence-corrected chi connectivity index (χ3v) is 4.92. The van der Waals surface area contributed by atoms with Crippen LogP contribution >= 0.6 is 0 Å². The van der Waals surface area contributed by atoms with Crippen molar-refractivity contribution in [3.63, 3.8) is 0 Å². The first kappa shape index (κ1) is 19.0. The molecule has 0 amide bonds. The Morgan fingerprint density at radius 3 is 2.36 bits per heavy atom. The van der Waals surface area contributed by atoms with E-state index in [1.54, 1.807) is 0 Å². The summed E-state index contributed by atoms with van der Waals surface area (Å²) < 4.78 is 38.0. The molecule has 1 aromatic heterocycles. The van der Waals surface area contributed by atoms with Crippen LogP contribution in [0.25, 0.3) is 0 Å². The second-order valence-electron chi connectivity index (χ2n) is 6.71. The number of rotatable bonds is 3. The van der Waals surface area contributed by atoms with Crippen molar-refractivity contribution >= 4 is 5.84 Å². The number of nitrogens with two attached hydrogens (primary N) is 1. The smallest absolute Gasteiger partial charge is 0.280 e. The number of hydrogen-bond donors (Lipinski definition) is 2. The zero-order valence-electron chi connectivity index (χ0n) is 15.4. The highest BCUT2D eigenvalue weighted by Gasteiger charge is 2.38. The number of amidine groups is 1. The fourth-order valence-corrected chi connectivity index (χ4v) is 3.46. The first-order chi connectivity index (χ1) is 13.6. The molecule has 1 unspecified atom stereocenters. The molecular formula is C17H23F2N7O2. The van der Waals surface area contributed by atoms with Crippen molar-refractivity contribution in [3.05, 3.63) is 35.7 Å². The van der Waals surface area contributed by atoms with E-state index in [-0.39, 0.29) is 5.56 Å². The summed E-state index contributed by atoms with van der Waals surface area (Å²) in [5.41, 5.74) is 6.16. The Morgan fingerprint density at radius 1 is 1.07 bits per heavy atom. The molecule has 152 valence electrons.